The van der Waals surface area contributed by atoms with E-state index in [9.17, 15) is 9.90 Å². The minimum absolute atomic E-state index is 0.0847. The Labute approximate surface area is 117 Å². The van der Waals surface area contributed by atoms with Gasteiger partial charge in [-0.3, -0.25) is 4.79 Å². The maximum absolute atomic E-state index is 12.4. The molecule has 1 rings (SSSR count). The van der Waals surface area contributed by atoms with Gasteiger partial charge in [-0.2, -0.15) is 0 Å². The van der Waals surface area contributed by atoms with Crippen molar-refractivity contribution in [3.05, 3.63) is 0 Å². The highest BCUT2D eigenvalue weighted by atomic mass is 16.3. The van der Waals surface area contributed by atoms with Gasteiger partial charge >= 0.3 is 0 Å². The van der Waals surface area contributed by atoms with Crippen LogP contribution in [-0.2, 0) is 4.79 Å². The molecule has 1 atom stereocenters. The summed E-state index contributed by atoms with van der Waals surface area (Å²) in [5.74, 6) is 0.115. The summed E-state index contributed by atoms with van der Waals surface area (Å²) >= 11 is 0. The van der Waals surface area contributed by atoms with Crippen LogP contribution in [0.15, 0.2) is 0 Å². The predicted octanol–water partition coefficient (Wildman–Crippen LogP) is 1.68. The summed E-state index contributed by atoms with van der Waals surface area (Å²) in [6, 6.07) is 0. The van der Waals surface area contributed by atoms with Crippen molar-refractivity contribution in [1.29, 1.82) is 0 Å². The normalized spacial score (nSPS) is 20.9. The van der Waals surface area contributed by atoms with Crippen molar-refractivity contribution < 1.29 is 9.90 Å². The van der Waals surface area contributed by atoms with Gasteiger partial charge < -0.3 is 15.7 Å². The molecule has 0 radical (unpaired) electrons. The third-order valence-electron chi connectivity index (χ3n) is 4.07. The fourth-order valence-electron chi connectivity index (χ4n) is 2.82. The number of aliphatic hydroxyl groups excluding tert-OH is 1. The van der Waals surface area contributed by atoms with Gasteiger partial charge in [0.15, 0.2) is 0 Å². The number of carbonyl (C=O) groups is 1. The average Bonchev–Trinajstić information content (AvgIpc) is 2.34. The number of rotatable bonds is 5. The van der Waals surface area contributed by atoms with Gasteiger partial charge in [-0.1, -0.05) is 27.7 Å². The monoisotopic (exact) mass is 270 g/mol. The topological polar surface area (TPSA) is 61.4 Å². The minimum Gasteiger partial charge on any atom is -0.391 e. The van der Waals surface area contributed by atoms with E-state index in [-0.39, 0.29) is 16.7 Å². The molecule has 112 valence electrons. The van der Waals surface area contributed by atoms with E-state index in [2.05, 4.69) is 38.3 Å². The van der Waals surface area contributed by atoms with E-state index in [1.165, 1.54) is 0 Å². The van der Waals surface area contributed by atoms with E-state index in [4.69, 9.17) is 0 Å². The number of hydrogen-bond donors (Lipinski definition) is 3. The van der Waals surface area contributed by atoms with Gasteiger partial charge in [0.25, 0.3) is 0 Å². The van der Waals surface area contributed by atoms with Crippen molar-refractivity contribution in [2.45, 2.75) is 59.5 Å². The first-order chi connectivity index (χ1) is 8.79. The Kier molecular flexibility index (Phi) is 5.81. The smallest absolute Gasteiger partial charge is 0.226 e. The molecule has 1 aliphatic rings. The van der Waals surface area contributed by atoms with Crippen LogP contribution in [0, 0.1) is 10.8 Å². The molecule has 1 fully saturated rings. The van der Waals surface area contributed by atoms with Crippen LogP contribution in [0.5, 0.6) is 0 Å². The van der Waals surface area contributed by atoms with Gasteiger partial charge in [-0.15, -0.1) is 0 Å². The highest BCUT2D eigenvalue weighted by Crippen LogP contribution is 2.32. The predicted molar refractivity (Wildman–Crippen MR) is 77.9 cm³/mol. The minimum atomic E-state index is -0.459. The lowest BCUT2D eigenvalue weighted by atomic mass is 9.76. The van der Waals surface area contributed by atoms with Crippen molar-refractivity contribution >= 4 is 5.91 Å². The third-order valence-corrected chi connectivity index (χ3v) is 4.07. The van der Waals surface area contributed by atoms with Gasteiger partial charge in [0.2, 0.25) is 5.91 Å². The molecule has 19 heavy (non-hydrogen) atoms. The molecule has 4 nitrogen and oxygen atoms in total. The number of aliphatic hydroxyl groups is 1. The van der Waals surface area contributed by atoms with Crippen molar-refractivity contribution in [1.82, 2.24) is 10.6 Å². The zero-order valence-electron chi connectivity index (χ0n) is 12.9. The number of carbonyl (C=O) groups excluding carboxylic acids is 1. The van der Waals surface area contributed by atoms with Crippen molar-refractivity contribution in [3.63, 3.8) is 0 Å². The number of piperidine rings is 1. The second kappa shape index (κ2) is 6.71. The lowest BCUT2D eigenvalue weighted by molar-refractivity contribution is -0.133. The Morgan fingerprint density at radius 2 is 1.95 bits per heavy atom. The van der Waals surface area contributed by atoms with Crippen LogP contribution in [0.2, 0.25) is 0 Å². The van der Waals surface area contributed by atoms with Crippen molar-refractivity contribution in [3.8, 4) is 0 Å². The molecule has 0 bridgehead atoms. The zero-order chi connectivity index (χ0) is 14.5. The van der Waals surface area contributed by atoms with Crippen LogP contribution in [0.4, 0.5) is 0 Å². The van der Waals surface area contributed by atoms with Gasteiger partial charge in [0.05, 0.1) is 11.5 Å². The number of hydrogen-bond acceptors (Lipinski definition) is 3. The molecule has 0 aromatic carbocycles. The Morgan fingerprint density at radius 1 is 1.37 bits per heavy atom. The summed E-state index contributed by atoms with van der Waals surface area (Å²) in [6.07, 6.45) is 2.90. The van der Waals surface area contributed by atoms with E-state index in [0.29, 0.717) is 13.0 Å². The maximum Gasteiger partial charge on any atom is 0.226 e. The van der Waals surface area contributed by atoms with Crippen molar-refractivity contribution in [2.75, 3.05) is 19.6 Å². The second-order valence-corrected chi connectivity index (χ2v) is 7.01. The molecule has 0 spiro atoms. The lowest BCUT2D eigenvalue weighted by Crippen LogP contribution is -2.49. The lowest BCUT2D eigenvalue weighted by Gasteiger charge is -2.35. The molecule has 3 N–H and O–H groups in total. The van der Waals surface area contributed by atoms with Crippen LogP contribution >= 0.6 is 0 Å². The zero-order valence-corrected chi connectivity index (χ0v) is 12.9. The fourth-order valence-corrected chi connectivity index (χ4v) is 2.82. The third kappa shape index (κ3) is 5.11. The molecule has 0 aliphatic carbocycles. The summed E-state index contributed by atoms with van der Waals surface area (Å²) in [5, 5.41) is 16.2. The summed E-state index contributed by atoms with van der Waals surface area (Å²) in [5.41, 5.74) is -0.145. The highest BCUT2D eigenvalue weighted by molar-refractivity contribution is 5.82. The molecular formula is C15H30N2O2. The van der Waals surface area contributed by atoms with E-state index in [1.807, 2.05) is 0 Å². The summed E-state index contributed by atoms with van der Waals surface area (Å²) in [7, 11) is 0. The molecule has 1 aliphatic heterocycles. The molecular weight excluding hydrogens is 240 g/mol. The molecule has 1 saturated heterocycles. The van der Waals surface area contributed by atoms with Gasteiger partial charge in [-0.25, -0.2) is 0 Å². The van der Waals surface area contributed by atoms with Crippen molar-refractivity contribution in [2.24, 2.45) is 10.8 Å². The maximum atomic E-state index is 12.4. The van der Waals surface area contributed by atoms with Gasteiger partial charge in [0, 0.05) is 6.54 Å². The second-order valence-electron chi connectivity index (χ2n) is 7.01. The SMILES string of the molecule is CCC1(C(=O)NCC(O)CC(C)(C)C)CCNCC1. The Hall–Kier alpha value is -0.610. The molecule has 0 aromatic heterocycles. The van der Waals surface area contributed by atoms with Crippen LogP contribution in [-0.4, -0.2) is 36.8 Å². The van der Waals surface area contributed by atoms with Crippen LogP contribution in [0.3, 0.4) is 0 Å². The Balaban J connectivity index is 2.45. The molecule has 0 aromatic rings. The van der Waals surface area contributed by atoms with E-state index in [0.717, 1.165) is 32.4 Å². The van der Waals surface area contributed by atoms with Crippen LogP contribution in [0.25, 0.3) is 0 Å². The Bertz CT molecular complexity index is 291. The molecule has 1 heterocycles. The van der Waals surface area contributed by atoms with E-state index in [1.54, 1.807) is 0 Å². The average molecular weight is 270 g/mol. The molecule has 0 saturated carbocycles. The first-order valence-corrected chi connectivity index (χ1v) is 7.46. The molecule has 1 unspecified atom stereocenters. The van der Waals surface area contributed by atoms with E-state index < -0.39 is 6.10 Å². The molecule has 4 heteroatoms. The highest BCUT2D eigenvalue weighted by Gasteiger charge is 2.37. The molecule has 1 amide bonds. The number of amides is 1. The quantitative estimate of drug-likeness (QED) is 0.712. The summed E-state index contributed by atoms with van der Waals surface area (Å²) < 4.78 is 0. The largest absolute Gasteiger partial charge is 0.391 e. The first-order valence-electron chi connectivity index (χ1n) is 7.46. The summed E-state index contributed by atoms with van der Waals surface area (Å²) in [6.45, 7) is 10.6. The summed E-state index contributed by atoms with van der Waals surface area (Å²) in [4.78, 5) is 12.4. The van der Waals surface area contributed by atoms with Crippen LogP contribution in [0.1, 0.15) is 53.4 Å². The van der Waals surface area contributed by atoms with E-state index >= 15 is 0 Å². The van der Waals surface area contributed by atoms with Gasteiger partial charge in [-0.05, 0) is 44.2 Å². The van der Waals surface area contributed by atoms with Crippen LogP contribution < -0.4 is 10.6 Å². The standard InChI is InChI=1S/C15H30N2O2/c1-5-15(6-8-16-9-7-15)13(19)17-11-12(18)10-14(2,3)4/h12,16,18H,5-11H2,1-4H3,(H,17,19). The first kappa shape index (κ1) is 16.4. The number of nitrogens with one attached hydrogen (secondary N) is 2. The fraction of sp³-hybridized carbons (Fsp3) is 0.933. The Morgan fingerprint density at radius 3 is 2.42 bits per heavy atom. The van der Waals surface area contributed by atoms with Gasteiger partial charge in [0.1, 0.15) is 0 Å².